The molecule has 2 aliphatic rings. The number of aromatic nitrogens is 1. The Morgan fingerprint density at radius 2 is 2.13 bits per heavy atom. The van der Waals surface area contributed by atoms with Gasteiger partial charge in [0, 0.05) is 43.3 Å². The number of carbonyl (C=O) groups excluding carboxylic acids is 1. The molecule has 166 valence electrons. The summed E-state index contributed by atoms with van der Waals surface area (Å²) in [5, 5.41) is 28.6. The first-order valence-corrected chi connectivity index (χ1v) is 11.3. The van der Waals surface area contributed by atoms with Crippen LogP contribution in [0.5, 0.6) is 0 Å². The molecule has 4 rings (SSSR count). The smallest absolute Gasteiger partial charge is 0.339 e. The number of hydrogen-bond donors (Lipinski definition) is 5. The molecule has 0 radical (unpaired) electrons. The van der Waals surface area contributed by atoms with Crippen LogP contribution in [0.3, 0.4) is 0 Å². The Kier molecular flexibility index (Phi) is 6.81. The van der Waals surface area contributed by atoms with Gasteiger partial charge in [-0.3, -0.25) is 4.79 Å². The van der Waals surface area contributed by atoms with Crippen LogP contribution < -0.4 is 16.0 Å². The van der Waals surface area contributed by atoms with Gasteiger partial charge in [-0.1, -0.05) is 0 Å². The number of aliphatic hydroxyl groups excluding tert-OH is 1. The molecule has 0 unspecified atom stereocenters. The lowest BCUT2D eigenvalue weighted by Crippen LogP contribution is -2.40. The summed E-state index contributed by atoms with van der Waals surface area (Å²) in [5.41, 5.74) is 1.40. The topological polar surface area (TPSA) is 127 Å². The summed E-state index contributed by atoms with van der Waals surface area (Å²) in [5.74, 6) is -0.892. The average Bonchev–Trinajstić information content (AvgIpc) is 3.13. The van der Waals surface area contributed by atoms with Crippen LogP contribution in [0.2, 0.25) is 0 Å². The zero-order chi connectivity index (χ0) is 21.8. The van der Waals surface area contributed by atoms with Crippen molar-refractivity contribution in [2.75, 3.05) is 43.4 Å². The molecule has 0 spiro atoms. The number of piperidine rings is 1. The summed E-state index contributed by atoms with van der Waals surface area (Å²) in [6.45, 7) is 3.93. The summed E-state index contributed by atoms with van der Waals surface area (Å²) >= 11 is 1.32. The molecular weight excluding hydrogens is 418 g/mol. The maximum atomic E-state index is 13.1. The van der Waals surface area contributed by atoms with Gasteiger partial charge < -0.3 is 31.1 Å². The van der Waals surface area contributed by atoms with Gasteiger partial charge in [0.15, 0.2) is 0 Å². The van der Waals surface area contributed by atoms with Crippen LogP contribution in [0.4, 0.5) is 10.8 Å². The molecule has 0 bridgehead atoms. The van der Waals surface area contributed by atoms with Crippen molar-refractivity contribution in [2.24, 2.45) is 0 Å². The van der Waals surface area contributed by atoms with Crippen LogP contribution in [-0.2, 0) is 13.0 Å². The minimum atomic E-state index is -1.02. The molecule has 0 aromatic carbocycles. The number of anilines is 2. The number of carboxylic acid groups (broad SMARTS) is 1. The van der Waals surface area contributed by atoms with Gasteiger partial charge in [-0.15, -0.1) is 11.3 Å². The van der Waals surface area contributed by atoms with E-state index in [2.05, 4.69) is 25.8 Å². The van der Waals surface area contributed by atoms with Crippen molar-refractivity contribution >= 4 is 34.0 Å². The fourth-order valence-electron chi connectivity index (χ4n) is 4.16. The third-order valence-electron chi connectivity index (χ3n) is 5.77. The van der Waals surface area contributed by atoms with E-state index in [0.717, 1.165) is 42.9 Å². The first kappa shape index (κ1) is 21.7. The molecule has 1 amide bonds. The quantitative estimate of drug-likeness (QED) is 0.435. The second-order valence-corrected chi connectivity index (χ2v) is 8.88. The van der Waals surface area contributed by atoms with Crippen LogP contribution in [0.1, 0.15) is 44.0 Å². The van der Waals surface area contributed by atoms with E-state index in [-0.39, 0.29) is 24.1 Å². The van der Waals surface area contributed by atoms with Gasteiger partial charge in [-0.25, -0.2) is 9.78 Å². The number of amides is 1. The lowest BCUT2D eigenvalue weighted by atomic mass is 10.0. The molecule has 10 heteroatoms. The van der Waals surface area contributed by atoms with Crippen LogP contribution in [0.25, 0.3) is 0 Å². The Labute approximate surface area is 184 Å². The van der Waals surface area contributed by atoms with Gasteiger partial charge in [0.1, 0.15) is 10.8 Å². The molecule has 0 atom stereocenters. The van der Waals surface area contributed by atoms with E-state index in [1.165, 1.54) is 11.3 Å². The highest BCUT2D eigenvalue weighted by Gasteiger charge is 2.27. The van der Waals surface area contributed by atoms with E-state index in [1.807, 2.05) is 0 Å². The van der Waals surface area contributed by atoms with Crippen molar-refractivity contribution in [1.29, 1.82) is 0 Å². The number of nitrogens with one attached hydrogen (secondary N) is 3. The molecule has 31 heavy (non-hydrogen) atoms. The molecule has 0 aliphatic carbocycles. The largest absolute Gasteiger partial charge is 0.478 e. The zero-order valence-electron chi connectivity index (χ0n) is 17.2. The van der Waals surface area contributed by atoms with Gasteiger partial charge in [0.25, 0.3) is 5.91 Å². The standard InChI is InChI=1S/C21H27N5O4S/c27-11-10-26-8-4-13(5-9-26)24-18-15(2-1-6-23-18)19(28)25-20-17(21(29)30)14-3-7-22-12-16(14)31-20/h1-2,6,13,22,27H,3-5,7-12H2,(H,23,24)(H,25,28)(H,29,30). The molecule has 5 N–H and O–H groups in total. The minimum absolute atomic E-state index is 0.156. The molecule has 1 fully saturated rings. The number of aromatic carboxylic acids is 1. The lowest BCUT2D eigenvalue weighted by molar-refractivity contribution is 0.0697. The summed E-state index contributed by atoms with van der Waals surface area (Å²) < 4.78 is 0. The molecule has 2 aliphatic heterocycles. The van der Waals surface area contributed by atoms with E-state index >= 15 is 0 Å². The number of β-amino-alcohol motifs (C(OH)–C–C–N with tert-alkyl or cyclic N) is 1. The fourth-order valence-corrected chi connectivity index (χ4v) is 5.36. The van der Waals surface area contributed by atoms with Gasteiger partial charge in [-0.2, -0.15) is 0 Å². The van der Waals surface area contributed by atoms with E-state index < -0.39 is 5.97 Å². The third-order valence-corrected chi connectivity index (χ3v) is 6.91. The molecule has 9 nitrogen and oxygen atoms in total. The molecule has 2 aromatic heterocycles. The van der Waals surface area contributed by atoms with E-state index in [4.69, 9.17) is 5.11 Å². The number of aliphatic hydroxyl groups is 1. The molecule has 0 saturated carbocycles. The average molecular weight is 446 g/mol. The monoisotopic (exact) mass is 445 g/mol. The number of carbonyl (C=O) groups is 2. The second-order valence-electron chi connectivity index (χ2n) is 7.78. The maximum Gasteiger partial charge on any atom is 0.339 e. The van der Waals surface area contributed by atoms with Crippen molar-refractivity contribution in [3.8, 4) is 0 Å². The molecule has 1 saturated heterocycles. The Bertz CT molecular complexity index is 955. The highest BCUT2D eigenvalue weighted by molar-refractivity contribution is 7.17. The zero-order valence-corrected chi connectivity index (χ0v) is 18.0. The van der Waals surface area contributed by atoms with Gasteiger partial charge in [0.05, 0.1) is 17.7 Å². The van der Waals surface area contributed by atoms with E-state index in [1.54, 1.807) is 18.3 Å². The van der Waals surface area contributed by atoms with Gasteiger partial charge in [-0.05, 0) is 43.5 Å². The summed E-state index contributed by atoms with van der Waals surface area (Å²) in [6.07, 6.45) is 4.06. The van der Waals surface area contributed by atoms with Crippen LogP contribution in [0, 0.1) is 0 Å². The Balaban J connectivity index is 1.49. The van der Waals surface area contributed by atoms with Crippen LogP contribution in [-0.4, -0.2) is 70.8 Å². The normalized spacial score (nSPS) is 17.2. The number of nitrogens with zero attached hydrogens (tertiary/aromatic N) is 2. The van der Waals surface area contributed by atoms with E-state index in [0.29, 0.717) is 35.9 Å². The lowest BCUT2D eigenvalue weighted by Gasteiger charge is -2.32. The highest BCUT2D eigenvalue weighted by atomic mass is 32.1. The summed E-state index contributed by atoms with van der Waals surface area (Å²) in [4.78, 5) is 32.5. The Hall–Kier alpha value is -2.53. The number of carboxylic acids is 1. The fraction of sp³-hybridized carbons (Fsp3) is 0.476. The van der Waals surface area contributed by atoms with Crippen molar-refractivity contribution in [3.63, 3.8) is 0 Å². The molecule has 2 aromatic rings. The van der Waals surface area contributed by atoms with Crippen molar-refractivity contribution in [1.82, 2.24) is 15.2 Å². The highest BCUT2D eigenvalue weighted by Crippen LogP contribution is 2.36. The Morgan fingerprint density at radius 3 is 2.87 bits per heavy atom. The summed E-state index contributed by atoms with van der Waals surface area (Å²) in [7, 11) is 0. The molecular formula is C21H27N5O4S. The van der Waals surface area contributed by atoms with Gasteiger partial charge >= 0.3 is 5.97 Å². The maximum absolute atomic E-state index is 13.1. The number of pyridine rings is 1. The predicted octanol–water partition coefficient (Wildman–Crippen LogP) is 1.61. The van der Waals surface area contributed by atoms with Crippen molar-refractivity contribution < 1.29 is 19.8 Å². The first-order chi connectivity index (χ1) is 15.1. The predicted molar refractivity (Wildman–Crippen MR) is 119 cm³/mol. The second kappa shape index (κ2) is 9.73. The third kappa shape index (κ3) is 4.87. The van der Waals surface area contributed by atoms with Crippen LogP contribution >= 0.6 is 11.3 Å². The number of fused-ring (bicyclic) bond motifs is 1. The van der Waals surface area contributed by atoms with E-state index in [9.17, 15) is 14.7 Å². The number of thiophene rings is 1. The van der Waals surface area contributed by atoms with Crippen molar-refractivity contribution in [2.45, 2.75) is 31.8 Å². The molecule has 4 heterocycles. The number of hydrogen-bond acceptors (Lipinski definition) is 8. The Morgan fingerprint density at radius 1 is 1.32 bits per heavy atom. The number of likely N-dealkylation sites (tertiary alicyclic amines) is 1. The van der Waals surface area contributed by atoms with Crippen molar-refractivity contribution in [3.05, 3.63) is 39.9 Å². The summed E-state index contributed by atoms with van der Waals surface area (Å²) in [6, 6.07) is 3.58. The van der Waals surface area contributed by atoms with Gasteiger partial charge in [0.2, 0.25) is 0 Å². The van der Waals surface area contributed by atoms with Crippen LogP contribution in [0.15, 0.2) is 18.3 Å². The SMILES string of the molecule is O=C(Nc1sc2c(c1C(=O)O)CCNC2)c1cccnc1NC1CCN(CCO)CC1. The first-order valence-electron chi connectivity index (χ1n) is 10.5. The number of rotatable bonds is 7. The minimum Gasteiger partial charge on any atom is -0.478 e.